The van der Waals surface area contributed by atoms with Gasteiger partial charge in [0, 0.05) is 38.6 Å². The molecule has 0 radical (unpaired) electrons. The minimum absolute atomic E-state index is 0.0158. The Bertz CT molecular complexity index is 335. The van der Waals surface area contributed by atoms with Crippen LogP contribution in [0.5, 0.6) is 0 Å². The zero-order chi connectivity index (χ0) is 13.3. The van der Waals surface area contributed by atoms with Gasteiger partial charge in [0.15, 0.2) is 0 Å². The van der Waals surface area contributed by atoms with Crippen LogP contribution in [-0.4, -0.2) is 59.4 Å². The van der Waals surface area contributed by atoms with Gasteiger partial charge in [-0.15, -0.1) is 0 Å². The molecule has 2 amide bonds. The Morgan fingerprint density at radius 1 is 1.17 bits per heavy atom. The van der Waals surface area contributed by atoms with Crippen LogP contribution in [-0.2, 0) is 9.59 Å². The molecule has 2 saturated heterocycles. The molecule has 5 nitrogen and oxygen atoms in total. The molecular weight excluding hydrogens is 230 g/mol. The largest absolute Gasteiger partial charge is 0.338 e. The van der Waals surface area contributed by atoms with E-state index in [2.05, 4.69) is 19.2 Å². The van der Waals surface area contributed by atoms with Crippen LogP contribution in [0.3, 0.4) is 0 Å². The molecule has 0 unspecified atom stereocenters. The Labute approximate surface area is 108 Å². The highest BCUT2D eigenvalue weighted by atomic mass is 16.2. The summed E-state index contributed by atoms with van der Waals surface area (Å²) in [5.41, 5.74) is 0. The number of carbonyl (C=O) groups excluding carboxylic acids is 2. The Morgan fingerprint density at radius 3 is 2.33 bits per heavy atom. The van der Waals surface area contributed by atoms with Crippen molar-refractivity contribution in [2.24, 2.45) is 0 Å². The summed E-state index contributed by atoms with van der Waals surface area (Å²) in [6.07, 6.45) is 1.75. The van der Waals surface area contributed by atoms with E-state index < -0.39 is 0 Å². The van der Waals surface area contributed by atoms with E-state index in [1.54, 1.807) is 11.8 Å². The average Bonchev–Trinajstić information content (AvgIpc) is 2.75. The molecule has 2 heterocycles. The van der Waals surface area contributed by atoms with E-state index in [9.17, 15) is 9.59 Å². The number of hydrogen-bond acceptors (Lipinski definition) is 3. The Morgan fingerprint density at radius 2 is 1.78 bits per heavy atom. The first-order valence-electron chi connectivity index (χ1n) is 6.81. The van der Waals surface area contributed by atoms with Crippen LogP contribution in [0.1, 0.15) is 33.6 Å². The molecule has 0 spiro atoms. The van der Waals surface area contributed by atoms with Crippen molar-refractivity contribution in [2.75, 3.05) is 19.6 Å². The van der Waals surface area contributed by atoms with Crippen LogP contribution in [0, 0.1) is 0 Å². The quantitative estimate of drug-likeness (QED) is 0.726. The summed E-state index contributed by atoms with van der Waals surface area (Å²) in [6, 6.07) is 0.426. The van der Waals surface area contributed by atoms with Crippen molar-refractivity contribution in [3.05, 3.63) is 0 Å². The molecule has 102 valence electrons. The van der Waals surface area contributed by atoms with E-state index in [-0.39, 0.29) is 17.9 Å². The molecule has 18 heavy (non-hydrogen) atoms. The van der Waals surface area contributed by atoms with Gasteiger partial charge in [-0.05, 0) is 26.7 Å². The first-order chi connectivity index (χ1) is 8.49. The van der Waals surface area contributed by atoms with E-state index in [1.807, 2.05) is 4.90 Å². The van der Waals surface area contributed by atoms with Crippen LogP contribution < -0.4 is 5.32 Å². The molecular formula is C13H23N3O2. The van der Waals surface area contributed by atoms with Crippen molar-refractivity contribution >= 4 is 11.8 Å². The first-order valence-corrected chi connectivity index (χ1v) is 6.81. The van der Waals surface area contributed by atoms with Gasteiger partial charge in [-0.1, -0.05) is 0 Å². The lowest BCUT2D eigenvalue weighted by molar-refractivity contribution is -0.144. The van der Waals surface area contributed by atoms with Crippen molar-refractivity contribution in [3.63, 3.8) is 0 Å². The van der Waals surface area contributed by atoms with Gasteiger partial charge >= 0.3 is 0 Å². The number of nitrogens with zero attached hydrogens (tertiary/aromatic N) is 2. The number of carbonyl (C=O) groups is 2. The molecule has 2 aliphatic heterocycles. The van der Waals surface area contributed by atoms with Gasteiger partial charge in [-0.25, -0.2) is 0 Å². The maximum Gasteiger partial charge on any atom is 0.245 e. The van der Waals surface area contributed by atoms with E-state index in [4.69, 9.17) is 0 Å². The predicted octanol–water partition coefficient (Wildman–Crippen LogP) is 0.206. The molecule has 3 atom stereocenters. The van der Waals surface area contributed by atoms with Crippen molar-refractivity contribution in [3.8, 4) is 0 Å². The molecule has 0 aromatic carbocycles. The summed E-state index contributed by atoms with van der Waals surface area (Å²) >= 11 is 0. The second-order valence-corrected chi connectivity index (χ2v) is 5.58. The minimum Gasteiger partial charge on any atom is -0.338 e. The van der Waals surface area contributed by atoms with Gasteiger partial charge in [0.1, 0.15) is 6.04 Å². The summed E-state index contributed by atoms with van der Waals surface area (Å²) in [6.45, 7) is 7.94. The third kappa shape index (κ3) is 2.66. The summed E-state index contributed by atoms with van der Waals surface area (Å²) in [4.78, 5) is 27.7. The number of likely N-dealkylation sites (tertiary alicyclic amines) is 1. The van der Waals surface area contributed by atoms with Gasteiger partial charge < -0.3 is 15.1 Å². The van der Waals surface area contributed by atoms with Crippen molar-refractivity contribution in [2.45, 2.75) is 51.7 Å². The smallest absolute Gasteiger partial charge is 0.245 e. The number of piperazine rings is 1. The van der Waals surface area contributed by atoms with Gasteiger partial charge in [0.05, 0.1) is 0 Å². The fourth-order valence-corrected chi connectivity index (χ4v) is 3.12. The van der Waals surface area contributed by atoms with Crippen molar-refractivity contribution in [1.82, 2.24) is 15.1 Å². The second-order valence-electron chi connectivity index (χ2n) is 5.58. The Hall–Kier alpha value is -1.10. The second kappa shape index (κ2) is 5.26. The summed E-state index contributed by atoms with van der Waals surface area (Å²) in [5, 5.41) is 3.41. The normalized spacial score (nSPS) is 32.7. The zero-order valence-corrected chi connectivity index (χ0v) is 11.5. The van der Waals surface area contributed by atoms with Crippen LogP contribution in [0.4, 0.5) is 0 Å². The van der Waals surface area contributed by atoms with E-state index in [1.165, 1.54) is 0 Å². The highest BCUT2D eigenvalue weighted by molar-refractivity contribution is 5.87. The fourth-order valence-electron chi connectivity index (χ4n) is 3.12. The van der Waals surface area contributed by atoms with Crippen LogP contribution >= 0.6 is 0 Å². The maximum atomic E-state index is 12.5. The Balaban J connectivity index is 2.04. The standard InChI is InChI=1S/C13H23N3O2/c1-9-7-15(8-10(2)14-9)13(18)12-5-4-6-16(12)11(3)17/h9-10,12,14H,4-8H2,1-3H3/t9-,10-,12-/m1/s1. The van der Waals surface area contributed by atoms with Gasteiger partial charge in [0.25, 0.3) is 0 Å². The monoisotopic (exact) mass is 253 g/mol. The topological polar surface area (TPSA) is 52.7 Å². The molecule has 0 aromatic rings. The highest BCUT2D eigenvalue weighted by Crippen LogP contribution is 2.20. The average molecular weight is 253 g/mol. The molecule has 1 N–H and O–H groups in total. The molecule has 2 fully saturated rings. The van der Waals surface area contributed by atoms with Gasteiger partial charge in [-0.2, -0.15) is 0 Å². The fraction of sp³-hybridized carbons (Fsp3) is 0.846. The van der Waals surface area contributed by atoms with E-state index in [0.29, 0.717) is 12.1 Å². The van der Waals surface area contributed by atoms with Gasteiger partial charge in [-0.3, -0.25) is 9.59 Å². The van der Waals surface area contributed by atoms with E-state index >= 15 is 0 Å². The first kappa shape index (κ1) is 13.3. The van der Waals surface area contributed by atoms with Crippen molar-refractivity contribution < 1.29 is 9.59 Å². The van der Waals surface area contributed by atoms with Crippen molar-refractivity contribution in [1.29, 1.82) is 0 Å². The predicted molar refractivity (Wildman–Crippen MR) is 69.0 cm³/mol. The molecule has 5 heteroatoms. The number of nitrogens with one attached hydrogen (secondary N) is 1. The molecule has 0 aromatic heterocycles. The number of amides is 2. The lowest BCUT2D eigenvalue weighted by Gasteiger charge is -2.38. The molecule has 0 bridgehead atoms. The molecule has 2 rings (SSSR count). The third-order valence-electron chi connectivity index (χ3n) is 3.81. The summed E-state index contributed by atoms with van der Waals surface area (Å²) in [5.74, 6) is 0.144. The lowest BCUT2D eigenvalue weighted by atomic mass is 10.1. The highest BCUT2D eigenvalue weighted by Gasteiger charge is 2.36. The van der Waals surface area contributed by atoms with Gasteiger partial charge in [0.2, 0.25) is 11.8 Å². The lowest BCUT2D eigenvalue weighted by Crippen LogP contribution is -2.59. The Kier molecular flexibility index (Phi) is 3.90. The summed E-state index contributed by atoms with van der Waals surface area (Å²) in [7, 11) is 0. The minimum atomic E-state index is -0.222. The molecule has 2 aliphatic rings. The maximum absolute atomic E-state index is 12.5. The number of rotatable bonds is 1. The SMILES string of the molecule is CC(=O)N1CCC[C@@H]1C(=O)N1C[C@@H](C)N[C@H](C)C1. The third-order valence-corrected chi connectivity index (χ3v) is 3.81. The molecule has 0 aliphatic carbocycles. The van der Waals surface area contributed by atoms with Crippen LogP contribution in [0.2, 0.25) is 0 Å². The number of hydrogen-bond donors (Lipinski definition) is 1. The van der Waals surface area contributed by atoms with Crippen LogP contribution in [0.25, 0.3) is 0 Å². The molecule has 0 saturated carbocycles. The zero-order valence-electron chi connectivity index (χ0n) is 11.5. The van der Waals surface area contributed by atoms with E-state index in [0.717, 1.165) is 32.5 Å². The summed E-state index contributed by atoms with van der Waals surface area (Å²) < 4.78 is 0. The van der Waals surface area contributed by atoms with Crippen LogP contribution in [0.15, 0.2) is 0 Å².